The van der Waals surface area contributed by atoms with Crippen molar-refractivity contribution in [2.24, 2.45) is 5.73 Å². The molecule has 2 rings (SSSR count). The topological polar surface area (TPSA) is 44.5 Å². The number of ether oxygens (including phenoxy) is 2. The molecule has 2 saturated heterocycles. The smallest absolute Gasteiger partial charge is 0.0576 e. The van der Waals surface area contributed by atoms with Crippen LogP contribution in [0.15, 0.2) is 0 Å². The Morgan fingerprint density at radius 1 is 0.882 bits per heavy atom. The molecule has 17 heavy (non-hydrogen) atoms. The lowest BCUT2D eigenvalue weighted by molar-refractivity contribution is 0.00877. The lowest BCUT2D eigenvalue weighted by atomic mass is 9.98. The van der Waals surface area contributed by atoms with Gasteiger partial charge in [-0.15, -0.1) is 0 Å². The molecule has 2 N–H and O–H groups in total. The van der Waals surface area contributed by atoms with E-state index in [2.05, 4.69) is 0 Å². The summed E-state index contributed by atoms with van der Waals surface area (Å²) in [5, 5.41) is 0. The fourth-order valence-corrected chi connectivity index (χ4v) is 2.85. The van der Waals surface area contributed by atoms with Crippen LogP contribution in [0.1, 0.15) is 57.8 Å². The first kappa shape index (κ1) is 13.3. The number of hydrogen-bond acceptors (Lipinski definition) is 3. The van der Waals surface area contributed by atoms with Crippen LogP contribution in [-0.4, -0.2) is 31.5 Å². The minimum absolute atomic E-state index is 0.338. The largest absolute Gasteiger partial charge is 0.378 e. The molecule has 3 atom stereocenters. The van der Waals surface area contributed by atoms with Gasteiger partial charge in [0.2, 0.25) is 0 Å². The van der Waals surface area contributed by atoms with Gasteiger partial charge < -0.3 is 15.2 Å². The molecule has 2 aliphatic heterocycles. The van der Waals surface area contributed by atoms with Crippen molar-refractivity contribution >= 4 is 0 Å². The highest BCUT2D eigenvalue weighted by molar-refractivity contribution is 4.72. The Kier molecular flexibility index (Phi) is 5.75. The van der Waals surface area contributed by atoms with E-state index in [1.54, 1.807) is 0 Å². The zero-order valence-corrected chi connectivity index (χ0v) is 10.9. The highest BCUT2D eigenvalue weighted by Gasteiger charge is 2.18. The van der Waals surface area contributed by atoms with Crippen LogP contribution in [-0.2, 0) is 9.47 Å². The van der Waals surface area contributed by atoms with Crippen molar-refractivity contribution in [3.63, 3.8) is 0 Å². The first-order chi connectivity index (χ1) is 8.34. The van der Waals surface area contributed by atoms with E-state index in [9.17, 15) is 0 Å². The fraction of sp³-hybridized carbons (Fsp3) is 1.00. The van der Waals surface area contributed by atoms with Crippen LogP contribution in [0, 0.1) is 0 Å². The molecular formula is C14H27NO2. The maximum atomic E-state index is 6.16. The van der Waals surface area contributed by atoms with E-state index in [4.69, 9.17) is 15.2 Å². The van der Waals surface area contributed by atoms with Crippen molar-refractivity contribution in [1.29, 1.82) is 0 Å². The molecule has 100 valence electrons. The lowest BCUT2D eigenvalue weighted by Gasteiger charge is -2.24. The molecule has 0 aromatic carbocycles. The molecule has 0 saturated carbocycles. The van der Waals surface area contributed by atoms with Crippen molar-refractivity contribution in [3.8, 4) is 0 Å². The molecule has 3 nitrogen and oxygen atoms in total. The molecule has 2 heterocycles. The molecule has 2 aliphatic rings. The fourth-order valence-electron chi connectivity index (χ4n) is 2.85. The average molecular weight is 241 g/mol. The summed E-state index contributed by atoms with van der Waals surface area (Å²) >= 11 is 0. The van der Waals surface area contributed by atoms with Gasteiger partial charge in [-0.3, -0.25) is 0 Å². The third kappa shape index (κ3) is 4.94. The molecule has 0 aromatic rings. The van der Waals surface area contributed by atoms with Crippen molar-refractivity contribution in [1.82, 2.24) is 0 Å². The first-order valence-corrected chi connectivity index (χ1v) is 7.33. The molecule has 0 radical (unpaired) electrons. The molecule has 0 amide bonds. The summed E-state index contributed by atoms with van der Waals surface area (Å²) < 4.78 is 11.3. The number of nitrogens with two attached hydrogens (primary N) is 1. The van der Waals surface area contributed by atoms with Crippen LogP contribution in [0.25, 0.3) is 0 Å². The minimum Gasteiger partial charge on any atom is -0.378 e. The summed E-state index contributed by atoms with van der Waals surface area (Å²) in [4.78, 5) is 0. The Labute approximate surface area is 105 Å². The summed E-state index contributed by atoms with van der Waals surface area (Å²) in [6.45, 7) is 1.91. The summed E-state index contributed by atoms with van der Waals surface area (Å²) in [7, 11) is 0. The van der Waals surface area contributed by atoms with Crippen molar-refractivity contribution < 1.29 is 9.47 Å². The van der Waals surface area contributed by atoms with Gasteiger partial charge in [0.05, 0.1) is 12.2 Å². The summed E-state index contributed by atoms with van der Waals surface area (Å²) in [6.07, 6.45) is 11.8. The maximum Gasteiger partial charge on any atom is 0.0576 e. The average Bonchev–Trinajstić information content (AvgIpc) is 2.88. The monoisotopic (exact) mass is 241 g/mol. The zero-order valence-electron chi connectivity index (χ0n) is 10.9. The molecule has 0 bridgehead atoms. The SMILES string of the molecule is NC(CCC1CCCCO1)CCC1CCCO1. The summed E-state index contributed by atoms with van der Waals surface area (Å²) in [5.74, 6) is 0. The van der Waals surface area contributed by atoms with Crippen molar-refractivity contribution in [2.45, 2.75) is 76.0 Å². The Bertz CT molecular complexity index is 198. The quantitative estimate of drug-likeness (QED) is 0.777. The van der Waals surface area contributed by atoms with Crippen LogP contribution in [0.5, 0.6) is 0 Å². The van der Waals surface area contributed by atoms with Gasteiger partial charge in [-0.25, -0.2) is 0 Å². The van der Waals surface area contributed by atoms with Gasteiger partial charge in [-0.2, -0.15) is 0 Å². The highest BCUT2D eigenvalue weighted by Crippen LogP contribution is 2.21. The molecule has 0 aromatic heterocycles. The number of rotatable bonds is 6. The first-order valence-electron chi connectivity index (χ1n) is 7.33. The van der Waals surface area contributed by atoms with E-state index >= 15 is 0 Å². The van der Waals surface area contributed by atoms with Gasteiger partial charge in [0, 0.05) is 19.3 Å². The van der Waals surface area contributed by atoms with Crippen LogP contribution in [0.2, 0.25) is 0 Å². The van der Waals surface area contributed by atoms with Crippen LogP contribution in [0.4, 0.5) is 0 Å². The molecule has 0 aliphatic carbocycles. The molecular weight excluding hydrogens is 214 g/mol. The molecule has 2 fully saturated rings. The maximum absolute atomic E-state index is 6.16. The van der Waals surface area contributed by atoms with Crippen molar-refractivity contribution in [2.75, 3.05) is 13.2 Å². The van der Waals surface area contributed by atoms with Crippen molar-refractivity contribution in [3.05, 3.63) is 0 Å². The summed E-state index contributed by atoms with van der Waals surface area (Å²) in [5.41, 5.74) is 6.16. The van der Waals surface area contributed by atoms with Gasteiger partial charge in [0.1, 0.15) is 0 Å². The van der Waals surface area contributed by atoms with E-state index in [0.717, 1.165) is 38.9 Å². The van der Waals surface area contributed by atoms with E-state index < -0.39 is 0 Å². The molecule has 3 heteroatoms. The molecule has 3 unspecified atom stereocenters. The Morgan fingerprint density at radius 2 is 1.47 bits per heavy atom. The van der Waals surface area contributed by atoms with Gasteiger partial charge in [0.15, 0.2) is 0 Å². The zero-order chi connectivity index (χ0) is 11.9. The predicted molar refractivity (Wildman–Crippen MR) is 69.0 cm³/mol. The normalized spacial score (nSPS) is 31.6. The highest BCUT2D eigenvalue weighted by atomic mass is 16.5. The van der Waals surface area contributed by atoms with E-state index in [-0.39, 0.29) is 0 Å². The van der Waals surface area contributed by atoms with E-state index in [1.807, 2.05) is 0 Å². The summed E-state index contributed by atoms with van der Waals surface area (Å²) in [6, 6.07) is 0.338. The van der Waals surface area contributed by atoms with E-state index in [0.29, 0.717) is 18.2 Å². The second-order valence-corrected chi connectivity index (χ2v) is 5.54. The van der Waals surface area contributed by atoms with Crippen LogP contribution >= 0.6 is 0 Å². The number of hydrogen-bond donors (Lipinski definition) is 1. The van der Waals surface area contributed by atoms with Crippen LogP contribution < -0.4 is 5.73 Å². The second-order valence-electron chi connectivity index (χ2n) is 5.54. The minimum atomic E-state index is 0.338. The third-order valence-corrected chi connectivity index (χ3v) is 4.02. The Morgan fingerprint density at radius 3 is 1.94 bits per heavy atom. The predicted octanol–water partition coefficient (Wildman–Crippen LogP) is 2.62. The Balaban J connectivity index is 1.52. The third-order valence-electron chi connectivity index (χ3n) is 4.02. The van der Waals surface area contributed by atoms with E-state index in [1.165, 1.54) is 32.1 Å². The van der Waals surface area contributed by atoms with Gasteiger partial charge in [0.25, 0.3) is 0 Å². The molecule has 0 spiro atoms. The van der Waals surface area contributed by atoms with Gasteiger partial charge in [-0.05, 0) is 57.8 Å². The Hall–Kier alpha value is -0.120. The standard InChI is InChI=1S/C14H27NO2/c15-12(7-9-14-5-3-11-17-14)6-8-13-4-1-2-10-16-13/h12-14H,1-11,15H2. The van der Waals surface area contributed by atoms with Crippen LogP contribution in [0.3, 0.4) is 0 Å². The second kappa shape index (κ2) is 7.34. The van der Waals surface area contributed by atoms with Gasteiger partial charge in [-0.1, -0.05) is 0 Å². The van der Waals surface area contributed by atoms with Gasteiger partial charge >= 0.3 is 0 Å². The lowest BCUT2D eigenvalue weighted by Crippen LogP contribution is -2.26.